The third-order valence-electron chi connectivity index (χ3n) is 2.07. The van der Waals surface area contributed by atoms with Gasteiger partial charge in [-0.2, -0.15) is 0 Å². The minimum absolute atomic E-state index is 0.822. The Morgan fingerprint density at radius 3 is 2.31 bits per heavy atom. The van der Waals surface area contributed by atoms with Gasteiger partial charge in [-0.25, -0.2) is 4.98 Å². The van der Waals surface area contributed by atoms with Gasteiger partial charge < -0.3 is 0 Å². The van der Waals surface area contributed by atoms with E-state index in [1.807, 2.05) is 42.5 Å². The molecule has 0 saturated heterocycles. The Balaban J connectivity index is 2.21. The highest BCUT2D eigenvalue weighted by molar-refractivity contribution is 9.13. The van der Waals surface area contributed by atoms with E-state index in [1.54, 1.807) is 0 Å². The highest BCUT2D eigenvalue weighted by Gasteiger charge is 1.97. The molecule has 2 aromatic rings. The van der Waals surface area contributed by atoms with Gasteiger partial charge >= 0.3 is 0 Å². The third kappa shape index (κ3) is 3.03. The molecule has 0 spiro atoms. The predicted octanol–water partition coefficient (Wildman–Crippen LogP) is 4.78. The molecular weight excluding hydrogens is 330 g/mol. The minimum atomic E-state index is 0.822. The predicted molar refractivity (Wildman–Crippen MR) is 75.0 cm³/mol. The van der Waals surface area contributed by atoms with E-state index in [9.17, 15) is 0 Å². The van der Waals surface area contributed by atoms with E-state index in [4.69, 9.17) is 0 Å². The molecular formula is C13H9Br2N. The third-order valence-corrected chi connectivity index (χ3v) is 3.85. The molecule has 1 nitrogen and oxygen atoms in total. The van der Waals surface area contributed by atoms with Gasteiger partial charge in [-0.3, -0.25) is 0 Å². The number of pyridine rings is 1. The zero-order valence-corrected chi connectivity index (χ0v) is 11.6. The van der Waals surface area contributed by atoms with Crippen LogP contribution in [-0.4, -0.2) is 4.98 Å². The second kappa shape index (κ2) is 5.41. The fraction of sp³-hybridized carbons (Fsp3) is 0. The zero-order chi connectivity index (χ0) is 11.4. The first-order valence-electron chi connectivity index (χ1n) is 4.81. The highest BCUT2D eigenvalue weighted by Crippen LogP contribution is 2.21. The lowest BCUT2D eigenvalue weighted by Gasteiger charge is -1.97. The molecule has 0 aliphatic carbocycles. The van der Waals surface area contributed by atoms with Gasteiger partial charge in [0.25, 0.3) is 0 Å². The summed E-state index contributed by atoms with van der Waals surface area (Å²) in [6.45, 7) is 0. The number of benzene rings is 1. The van der Waals surface area contributed by atoms with Crippen LogP contribution in [0.2, 0.25) is 0 Å². The maximum absolute atomic E-state index is 4.37. The van der Waals surface area contributed by atoms with Crippen LogP contribution in [0.15, 0.2) is 51.5 Å². The molecule has 1 aromatic carbocycles. The standard InChI is InChI=1S/C13H9Br2N/c14-12-9-8-11(16-13(12)15)7-6-10-4-2-1-3-5-10/h1-9H/b7-6+. The summed E-state index contributed by atoms with van der Waals surface area (Å²) < 4.78 is 1.78. The summed E-state index contributed by atoms with van der Waals surface area (Å²) >= 11 is 6.77. The summed E-state index contributed by atoms with van der Waals surface area (Å²) in [5.41, 5.74) is 2.10. The Labute approximate surface area is 111 Å². The molecule has 0 saturated carbocycles. The van der Waals surface area contributed by atoms with Gasteiger partial charge in [-0.1, -0.05) is 36.4 Å². The molecule has 1 aromatic heterocycles. The Kier molecular flexibility index (Phi) is 3.91. The molecule has 0 unspecified atom stereocenters. The smallest absolute Gasteiger partial charge is 0.120 e. The largest absolute Gasteiger partial charge is 0.240 e. The molecule has 0 atom stereocenters. The van der Waals surface area contributed by atoms with E-state index in [1.165, 1.54) is 5.56 Å². The lowest BCUT2D eigenvalue weighted by Crippen LogP contribution is -1.82. The first-order chi connectivity index (χ1) is 7.75. The van der Waals surface area contributed by atoms with E-state index in [0.29, 0.717) is 0 Å². The number of aromatic nitrogens is 1. The molecule has 0 bridgehead atoms. The van der Waals surface area contributed by atoms with Crippen molar-refractivity contribution in [3.05, 3.63) is 62.8 Å². The van der Waals surface area contributed by atoms with Gasteiger partial charge in [-0.05, 0) is 55.6 Å². The summed E-state index contributed by atoms with van der Waals surface area (Å²) in [4.78, 5) is 4.37. The quantitative estimate of drug-likeness (QED) is 0.718. The topological polar surface area (TPSA) is 12.9 Å². The summed E-state index contributed by atoms with van der Waals surface area (Å²) in [5.74, 6) is 0. The van der Waals surface area contributed by atoms with Crippen LogP contribution in [0.1, 0.15) is 11.3 Å². The Hall–Kier alpha value is -0.930. The number of hydrogen-bond acceptors (Lipinski definition) is 1. The van der Waals surface area contributed by atoms with Gasteiger partial charge in [0.2, 0.25) is 0 Å². The first kappa shape index (κ1) is 11.6. The van der Waals surface area contributed by atoms with Crippen molar-refractivity contribution in [3.8, 4) is 0 Å². The summed E-state index contributed by atoms with van der Waals surface area (Å²) in [7, 11) is 0. The van der Waals surface area contributed by atoms with E-state index < -0.39 is 0 Å². The number of rotatable bonds is 2. The Morgan fingerprint density at radius 2 is 1.62 bits per heavy atom. The molecule has 80 valence electrons. The van der Waals surface area contributed by atoms with E-state index >= 15 is 0 Å². The molecule has 3 heteroatoms. The molecule has 0 radical (unpaired) electrons. The van der Waals surface area contributed by atoms with Crippen LogP contribution in [0.4, 0.5) is 0 Å². The molecule has 0 fully saturated rings. The van der Waals surface area contributed by atoms with Gasteiger partial charge in [0, 0.05) is 0 Å². The van der Waals surface area contributed by atoms with Gasteiger partial charge in [0.1, 0.15) is 4.60 Å². The van der Waals surface area contributed by atoms with Crippen molar-refractivity contribution >= 4 is 44.0 Å². The van der Waals surface area contributed by atoms with Gasteiger partial charge in [0.15, 0.2) is 0 Å². The minimum Gasteiger partial charge on any atom is -0.240 e. The molecule has 0 N–H and O–H groups in total. The number of nitrogens with zero attached hydrogens (tertiary/aromatic N) is 1. The summed E-state index contributed by atoms with van der Waals surface area (Å²) in [6.07, 6.45) is 4.04. The number of hydrogen-bond donors (Lipinski definition) is 0. The SMILES string of the molecule is Brc1ccc(/C=C/c2ccccc2)nc1Br. The highest BCUT2D eigenvalue weighted by atomic mass is 79.9. The monoisotopic (exact) mass is 337 g/mol. The molecule has 16 heavy (non-hydrogen) atoms. The second-order valence-corrected chi connectivity index (χ2v) is 4.86. The zero-order valence-electron chi connectivity index (χ0n) is 8.40. The van der Waals surface area contributed by atoms with Crippen LogP contribution in [0.3, 0.4) is 0 Å². The lowest BCUT2D eigenvalue weighted by molar-refractivity contribution is 1.23. The summed E-state index contributed by atoms with van der Waals surface area (Å²) in [6, 6.07) is 14.1. The lowest BCUT2D eigenvalue weighted by atomic mass is 10.2. The van der Waals surface area contributed by atoms with Crippen LogP contribution < -0.4 is 0 Å². The van der Waals surface area contributed by atoms with E-state index in [0.717, 1.165) is 14.8 Å². The van der Waals surface area contributed by atoms with E-state index in [-0.39, 0.29) is 0 Å². The van der Waals surface area contributed by atoms with Crippen molar-refractivity contribution in [1.82, 2.24) is 4.98 Å². The maximum atomic E-state index is 4.37. The first-order valence-corrected chi connectivity index (χ1v) is 6.39. The van der Waals surface area contributed by atoms with Crippen LogP contribution >= 0.6 is 31.9 Å². The maximum Gasteiger partial charge on any atom is 0.120 e. The average Bonchev–Trinajstić information content (AvgIpc) is 2.32. The Bertz CT molecular complexity index is 507. The van der Waals surface area contributed by atoms with Crippen molar-refractivity contribution < 1.29 is 0 Å². The molecule has 0 aliphatic heterocycles. The van der Waals surface area contributed by atoms with Crippen LogP contribution in [0.5, 0.6) is 0 Å². The van der Waals surface area contributed by atoms with Crippen LogP contribution in [0, 0.1) is 0 Å². The van der Waals surface area contributed by atoms with Crippen molar-refractivity contribution in [2.45, 2.75) is 0 Å². The van der Waals surface area contributed by atoms with Gasteiger partial charge in [0.05, 0.1) is 10.2 Å². The van der Waals surface area contributed by atoms with Crippen LogP contribution in [-0.2, 0) is 0 Å². The molecule has 0 amide bonds. The summed E-state index contributed by atoms with van der Waals surface area (Å²) in [5, 5.41) is 0. The normalized spacial score (nSPS) is 10.9. The second-order valence-electron chi connectivity index (χ2n) is 3.25. The van der Waals surface area contributed by atoms with Crippen molar-refractivity contribution in [2.24, 2.45) is 0 Å². The van der Waals surface area contributed by atoms with Crippen LogP contribution in [0.25, 0.3) is 12.2 Å². The van der Waals surface area contributed by atoms with Crippen molar-refractivity contribution in [1.29, 1.82) is 0 Å². The fourth-order valence-electron chi connectivity index (χ4n) is 1.27. The molecule has 2 rings (SSSR count). The average molecular weight is 339 g/mol. The fourth-order valence-corrected chi connectivity index (χ4v) is 1.83. The van der Waals surface area contributed by atoms with Crippen molar-refractivity contribution in [2.75, 3.05) is 0 Å². The van der Waals surface area contributed by atoms with Gasteiger partial charge in [-0.15, -0.1) is 0 Å². The number of halogens is 2. The van der Waals surface area contributed by atoms with E-state index in [2.05, 4.69) is 49.0 Å². The Morgan fingerprint density at radius 1 is 0.875 bits per heavy atom. The van der Waals surface area contributed by atoms with Crippen molar-refractivity contribution in [3.63, 3.8) is 0 Å². The molecule has 0 aliphatic rings. The molecule has 1 heterocycles.